The topological polar surface area (TPSA) is 37.3 Å². The highest BCUT2D eigenvalue weighted by molar-refractivity contribution is 6.43. The number of carbonyl (C=O) groups is 1. The van der Waals surface area contributed by atoms with Crippen LogP contribution in [0.5, 0.6) is 0 Å². The normalized spacial score (nSPS) is 11.5. The molecule has 2 nitrogen and oxygen atoms in total. The second-order valence-corrected chi connectivity index (χ2v) is 5.34. The van der Waals surface area contributed by atoms with Crippen molar-refractivity contribution >= 4 is 40.8 Å². The van der Waals surface area contributed by atoms with Crippen molar-refractivity contribution in [1.82, 2.24) is 0 Å². The van der Waals surface area contributed by atoms with Crippen LogP contribution in [0.2, 0.25) is 10.0 Å². The summed E-state index contributed by atoms with van der Waals surface area (Å²) in [6.07, 6.45) is 2.45. The van der Waals surface area contributed by atoms with E-state index in [0.717, 1.165) is 12.0 Å². The zero-order chi connectivity index (χ0) is 15.4. The molecule has 1 N–H and O–H groups in total. The molecule has 0 saturated carbocycles. The van der Waals surface area contributed by atoms with Gasteiger partial charge in [-0.3, -0.25) is 0 Å². The van der Waals surface area contributed by atoms with Crippen molar-refractivity contribution in [2.24, 2.45) is 0 Å². The van der Waals surface area contributed by atoms with Gasteiger partial charge >= 0.3 is 5.97 Å². The molecule has 21 heavy (non-hydrogen) atoms. The third-order valence-corrected chi connectivity index (χ3v) is 4.02. The number of aliphatic carboxylic acids is 1. The van der Waals surface area contributed by atoms with Gasteiger partial charge in [-0.25, -0.2) is 4.79 Å². The molecule has 108 valence electrons. The quantitative estimate of drug-likeness (QED) is 0.622. The average Bonchev–Trinajstić information content (AvgIpc) is 2.48. The van der Waals surface area contributed by atoms with Crippen LogP contribution in [-0.2, 0) is 11.2 Å². The molecule has 0 bridgehead atoms. The summed E-state index contributed by atoms with van der Waals surface area (Å²) < 4.78 is 0. The highest BCUT2D eigenvalue weighted by Gasteiger charge is 2.12. The molecule has 0 aliphatic carbocycles. The molecular weight excluding hydrogens is 307 g/mol. The van der Waals surface area contributed by atoms with Crippen LogP contribution >= 0.6 is 23.2 Å². The van der Waals surface area contributed by atoms with Gasteiger partial charge in [0.25, 0.3) is 0 Å². The Labute approximate surface area is 133 Å². The van der Waals surface area contributed by atoms with Crippen molar-refractivity contribution in [3.63, 3.8) is 0 Å². The minimum atomic E-state index is -1.00. The summed E-state index contributed by atoms with van der Waals surface area (Å²) in [7, 11) is 0. The van der Waals surface area contributed by atoms with Gasteiger partial charge in [0.15, 0.2) is 0 Å². The minimum absolute atomic E-state index is 0.182. The predicted molar refractivity (Wildman–Crippen MR) is 87.8 cm³/mol. The number of carboxylic acid groups (broad SMARTS) is 1. The van der Waals surface area contributed by atoms with E-state index >= 15 is 0 Å². The SMILES string of the molecule is CCc1ccc(/C(=C/c2cccc(Cl)c2Cl)C(=O)O)cc1. The second kappa shape index (κ2) is 6.79. The summed E-state index contributed by atoms with van der Waals surface area (Å²) in [5.74, 6) is -1.00. The zero-order valence-electron chi connectivity index (χ0n) is 11.4. The van der Waals surface area contributed by atoms with Gasteiger partial charge in [-0.05, 0) is 35.3 Å². The fraction of sp³-hybridized carbons (Fsp3) is 0.118. The van der Waals surface area contributed by atoms with E-state index in [1.165, 1.54) is 6.08 Å². The highest BCUT2D eigenvalue weighted by Crippen LogP contribution is 2.29. The number of carboxylic acids is 1. The van der Waals surface area contributed by atoms with Crippen LogP contribution in [0.25, 0.3) is 11.6 Å². The first kappa shape index (κ1) is 15.6. The number of aryl methyl sites for hydroxylation is 1. The number of benzene rings is 2. The maximum atomic E-state index is 11.5. The van der Waals surface area contributed by atoms with Crippen molar-refractivity contribution in [1.29, 1.82) is 0 Å². The van der Waals surface area contributed by atoms with Gasteiger partial charge in [-0.1, -0.05) is 66.5 Å². The van der Waals surface area contributed by atoms with E-state index in [9.17, 15) is 9.90 Å². The van der Waals surface area contributed by atoms with E-state index < -0.39 is 5.97 Å². The lowest BCUT2D eigenvalue weighted by Crippen LogP contribution is -2.00. The van der Waals surface area contributed by atoms with Gasteiger partial charge in [0.1, 0.15) is 0 Å². The Bertz CT molecular complexity index is 688. The number of hydrogen-bond donors (Lipinski definition) is 1. The molecule has 0 saturated heterocycles. The van der Waals surface area contributed by atoms with E-state index in [4.69, 9.17) is 23.2 Å². The molecular formula is C17H14Cl2O2. The summed E-state index contributed by atoms with van der Waals surface area (Å²) in [6, 6.07) is 12.6. The van der Waals surface area contributed by atoms with Crippen molar-refractivity contribution in [3.05, 3.63) is 69.2 Å². The Morgan fingerprint density at radius 3 is 2.38 bits per heavy atom. The van der Waals surface area contributed by atoms with Crippen LogP contribution in [0.15, 0.2) is 42.5 Å². The summed E-state index contributed by atoms with van der Waals surface area (Å²) >= 11 is 12.1. The molecule has 0 atom stereocenters. The Balaban J connectivity index is 2.49. The molecule has 4 heteroatoms. The van der Waals surface area contributed by atoms with Crippen LogP contribution in [0, 0.1) is 0 Å². The zero-order valence-corrected chi connectivity index (χ0v) is 12.9. The van der Waals surface area contributed by atoms with Gasteiger partial charge in [0.05, 0.1) is 15.6 Å². The number of hydrogen-bond acceptors (Lipinski definition) is 1. The molecule has 2 aromatic carbocycles. The Morgan fingerprint density at radius 1 is 1.14 bits per heavy atom. The van der Waals surface area contributed by atoms with Gasteiger partial charge < -0.3 is 5.11 Å². The first-order valence-corrected chi connectivity index (χ1v) is 7.27. The molecule has 0 aliphatic rings. The van der Waals surface area contributed by atoms with Crippen LogP contribution in [0.4, 0.5) is 0 Å². The van der Waals surface area contributed by atoms with Crippen LogP contribution in [0.3, 0.4) is 0 Å². The van der Waals surface area contributed by atoms with E-state index in [-0.39, 0.29) is 5.57 Å². The first-order chi connectivity index (χ1) is 10.0. The van der Waals surface area contributed by atoms with Crippen molar-refractivity contribution < 1.29 is 9.90 Å². The van der Waals surface area contributed by atoms with Crippen LogP contribution < -0.4 is 0 Å². The largest absolute Gasteiger partial charge is 0.478 e. The maximum absolute atomic E-state index is 11.5. The molecule has 0 amide bonds. The lowest BCUT2D eigenvalue weighted by atomic mass is 10.0. The third kappa shape index (κ3) is 3.66. The first-order valence-electron chi connectivity index (χ1n) is 6.51. The standard InChI is InChI=1S/C17H14Cl2O2/c1-2-11-6-8-12(9-7-11)14(17(20)21)10-13-4-3-5-15(18)16(13)19/h3-10H,2H2,1H3,(H,20,21)/b14-10-. The van der Waals surface area contributed by atoms with Crippen molar-refractivity contribution in [3.8, 4) is 0 Å². The third-order valence-electron chi connectivity index (χ3n) is 3.18. The molecule has 0 spiro atoms. The molecule has 0 aliphatic heterocycles. The van der Waals surface area contributed by atoms with Crippen molar-refractivity contribution in [2.75, 3.05) is 0 Å². The Kier molecular flexibility index (Phi) is 5.05. The second-order valence-electron chi connectivity index (χ2n) is 4.56. The lowest BCUT2D eigenvalue weighted by molar-refractivity contribution is -0.130. The summed E-state index contributed by atoms with van der Waals surface area (Å²) in [6.45, 7) is 2.05. The molecule has 0 heterocycles. The van der Waals surface area contributed by atoms with Gasteiger partial charge in [0.2, 0.25) is 0 Å². The van der Waals surface area contributed by atoms with Crippen molar-refractivity contribution in [2.45, 2.75) is 13.3 Å². The monoisotopic (exact) mass is 320 g/mol. The Morgan fingerprint density at radius 2 is 1.81 bits per heavy atom. The molecule has 0 radical (unpaired) electrons. The molecule has 2 aromatic rings. The van der Waals surface area contributed by atoms with E-state index in [0.29, 0.717) is 21.2 Å². The van der Waals surface area contributed by atoms with Gasteiger partial charge in [-0.15, -0.1) is 0 Å². The van der Waals surface area contributed by atoms with E-state index in [1.54, 1.807) is 30.3 Å². The summed E-state index contributed by atoms with van der Waals surface area (Å²) in [5, 5.41) is 10.2. The number of rotatable bonds is 4. The van der Waals surface area contributed by atoms with E-state index in [1.807, 2.05) is 12.1 Å². The molecule has 0 aromatic heterocycles. The predicted octanol–water partition coefficient (Wildman–Crippen LogP) is 5.18. The van der Waals surface area contributed by atoms with Crippen LogP contribution in [-0.4, -0.2) is 11.1 Å². The maximum Gasteiger partial charge on any atom is 0.336 e. The summed E-state index contributed by atoms with van der Waals surface area (Å²) in [4.78, 5) is 11.5. The summed E-state index contributed by atoms with van der Waals surface area (Å²) in [5.41, 5.74) is 2.56. The molecule has 0 unspecified atom stereocenters. The smallest absolute Gasteiger partial charge is 0.336 e. The fourth-order valence-corrected chi connectivity index (χ4v) is 2.34. The van der Waals surface area contributed by atoms with E-state index in [2.05, 4.69) is 6.92 Å². The van der Waals surface area contributed by atoms with Crippen LogP contribution in [0.1, 0.15) is 23.6 Å². The fourth-order valence-electron chi connectivity index (χ4n) is 1.98. The highest BCUT2D eigenvalue weighted by atomic mass is 35.5. The molecule has 2 rings (SSSR count). The Hall–Kier alpha value is -1.77. The average molecular weight is 321 g/mol. The van der Waals surface area contributed by atoms with Gasteiger partial charge in [0, 0.05) is 0 Å². The minimum Gasteiger partial charge on any atom is -0.478 e. The lowest BCUT2D eigenvalue weighted by Gasteiger charge is -2.06. The molecule has 0 fully saturated rings. The van der Waals surface area contributed by atoms with Gasteiger partial charge in [-0.2, -0.15) is 0 Å². The number of halogens is 2.